The number of nitrogens with two attached hydrogens (primary N) is 1. The number of methoxy groups -OCH3 is 2. The molecule has 0 bridgehead atoms. The number of nitrogens with zero attached hydrogens (tertiary/aromatic N) is 1. The molecular weight excluding hydrogens is 280 g/mol. The number of hydrogen-bond acceptors (Lipinski definition) is 5. The largest absolute Gasteiger partial charge is 0.495 e. The van der Waals surface area contributed by atoms with Gasteiger partial charge in [0.05, 0.1) is 13.7 Å². The molecule has 20 heavy (non-hydrogen) atoms. The second kappa shape index (κ2) is 7.03. The van der Waals surface area contributed by atoms with E-state index in [2.05, 4.69) is 0 Å². The molecule has 0 amide bonds. The number of benzene rings is 1. The smallest absolute Gasteiger partial charge is 0.246 e. The molecule has 1 rings (SSSR count). The van der Waals surface area contributed by atoms with Gasteiger partial charge in [-0.25, -0.2) is 8.42 Å². The Balaban J connectivity index is 3.21. The number of hydrogen-bond donors (Lipinski definition) is 1. The van der Waals surface area contributed by atoms with E-state index in [-0.39, 0.29) is 10.9 Å². The van der Waals surface area contributed by atoms with Crippen LogP contribution in [0.3, 0.4) is 0 Å². The lowest BCUT2D eigenvalue weighted by Crippen LogP contribution is -2.37. The topological polar surface area (TPSA) is 81.9 Å². The van der Waals surface area contributed by atoms with Crippen LogP contribution in [0.15, 0.2) is 23.1 Å². The molecule has 1 aromatic rings. The average Bonchev–Trinajstić information content (AvgIpc) is 2.45. The lowest BCUT2D eigenvalue weighted by Gasteiger charge is -2.24. The molecular formula is C13H22N2O4S. The average molecular weight is 302 g/mol. The van der Waals surface area contributed by atoms with E-state index in [4.69, 9.17) is 15.2 Å². The first-order valence-electron chi connectivity index (χ1n) is 6.22. The standard InChI is InChI=1S/C13H22N2O4S/c1-10(9-18-3)15(2)20(16,17)13-6-5-11(8-14)7-12(13)19-4/h5-7,10H,8-9,14H2,1-4H3. The van der Waals surface area contributed by atoms with Crippen molar-refractivity contribution in [3.05, 3.63) is 23.8 Å². The highest BCUT2D eigenvalue weighted by atomic mass is 32.2. The first-order chi connectivity index (χ1) is 9.38. The van der Waals surface area contributed by atoms with Gasteiger partial charge in [-0.05, 0) is 24.6 Å². The molecule has 0 aliphatic rings. The van der Waals surface area contributed by atoms with Crippen LogP contribution in [0.5, 0.6) is 5.75 Å². The maximum absolute atomic E-state index is 12.6. The third-order valence-electron chi connectivity index (χ3n) is 3.15. The molecule has 0 fully saturated rings. The van der Waals surface area contributed by atoms with E-state index in [9.17, 15) is 8.42 Å². The lowest BCUT2D eigenvalue weighted by atomic mass is 10.2. The molecule has 114 valence electrons. The van der Waals surface area contributed by atoms with Gasteiger partial charge in [-0.2, -0.15) is 4.31 Å². The predicted octanol–water partition coefficient (Wildman–Crippen LogP) is 0.809. The Hall–Kier alpha value is -1.15. The quantitative estimate of drug-likeness (QED) is 0.806. The van der Waals surface area contributed by atoms with Crippen LogP contribution in [-0.2, 0) is 21.3 Å². The van der Waals surface area contributed by atoms with Crippen molar-refractivity contribution in [2.45, 2.75) is 24.4 Å². The third-order valence-corrected chi connectivity index (χ3v) is 5.16. The molecule has 1 aromatic carbocycles. The van der Waals surface area contributed by atoms with Crippen molar-refractivity contribution in [1.29, 1.82) is 0 Å². The molecule has 0 aliphatic heterocycles. The second-order valence-corrected chi connectivity index (χ2v) is 6.48. The van der Waals surface area contributed by atoms with Crippen LogP contribution in [-0.4, -0.2) is 46.6 Å². The molecule has 1 unspecified atom stereocenters. The van der Waals surface area contributed by atoms with E-state index in [1.807, 2.05) is 0 Å². The SMILES string of the molecule is COCC(C)N(C)S(=O)(=O)c1ccc(CN)cc1OC. The van der Waals surface area contributed by atoms with Crippen molar-refractivity contribution in [3.63, 3.8) is 0 Å². The minimum Gasteiger partial charge on any atom is -0.495 e. The summed E-state index contributed by atoms with van der Waals surface area (Å²) in [6, 6.07) is 4.57. The lowest BCUT2D eigenvalue weighted by molar-refractivity contribution is 0.149. The Kier molecular flexibility index (Phi) is 5.94. The van der Waals surface area contributed by atoms with Gasteiger partial charge >= 0.3 is 0 Å². The van der Waals surface area contributed by atoms with Crippen molar-refractivity contribution in [2.24, 2.45) is 5.73 Å². The zero-order valence-electron chi connectivity index (χ0n) is 12.3. The summed E-state index contributed by atoms with van der Waals surface area (Å²) >= 11 is 0. The van der Waals surface area contributed by atoms with Crippen LogP contribution in [0.1, 0.15) is 12.5 Å². The van der Waals surface area contributed by atoms with Gasteiger partial charge in [-0.1, -0.05) is 6.07 Å². The predicted molar refractivity (Wildman–Crippen MR) is 77.2 cm³/mol. The monoisotopic (exact) mass is 302 g/mol. The van der Waals surface area contributed by atoms with E-state index < -0.39 is 10.0 Å². The first-order valence-corrected chi connectivity index (χ1v) is 7.66. The molecule has 2 N–H and O–H groups in total. The van der Waals surface area contributed by atoms with Crippen LogP contribution >= 0.6 is 0 Å². The van der Waals surface area contributed by atoms with Gasteiger partial charge < -0.3 is 15.2 Å². The van der Waals surface area contributed by atoms with Gasteiger partial charge in [0.2, 0.25) is 10.0 Å². The second-order valence-electron chi connectivity index (χ2n) is 4.51. The van der Waals surface area contributed by atoms with Crippen molar-refractivity contribution < 1.29 is 17.9 Å². The van der Waals surface area contributed by atoms with Crippen molar-refractivity contribution in [3.8, 4) is 5.75 Å². The highest BCUT2D eigenvalue weighted by molar-refractivity contribution is 7.89. The molecule has 0 aliphatic carbocycles. The highest BCUT2D eigenvalue weighted by Gasteiger charge is 2.28. The van der Waals surface area contributed by atoms with E-state index in [1.54, 1.807) is 19.1 Å². The van der Waals surface area contributed by atoms with Gasteiger partial charge in [0.1, 0.15) is 10.6 Å². The normalized spacial score (nSPS) is 13.5. The van der Waals surface area contributed by atoms with E-state index >= 15 is 0 Å². The van der Waals surface area contributed by atoms with E-state index in [0.717, 1.165) is 5.56 Å². The Morgan fingerprint density at radius 2 is 2.00 bits per heavy atom. The van der Waals surface area contributed by atoms with E-state index in [0.29, 0.717) is 18.9 Å². The molecule has 0 saturated carbocycles. The third kappa shape index (κ3) is 3.49. The minimum atomic E-state index is -3.64. The summed E-state index contributed by atoms with van der Waals surface area (Å²) in [5.74, 6) is 0.296. The van der Waals surface area contributed by atoms with Gasteiger partial charge in [0, 0.05) is 26.7 Å². The Labute approximate surface area is 120 Å². The molecule has 0 saturated heterocycles. The summed E-state index contributed by atoms with van der Waals surface area (Å²) < 4.78 is 36.6. The molecule has 0 heterocycles. The molecule has 6 nitrogen and oxygen atoms in total. The number of sulfonamides is 1. The van der Waals surface area contributed by atoms with Gasteiger partial charge in [0.25, 0.3) is 0 Å². The molecule has 1 atom stereocenters. The summed E-state index contributed by atoms with van der Waals surface area (Å²) in [6.45, 7) is 2.42. The fraction of sp³-hybridized carbons (Fsp3) is 0.538. The summed E-state index contributed by atoms with van der Waals surface area (Å²) in [7, 11) is 0.856. The van der Waals surface area contributed by atoms with Gasteiger partial charge in [-0.3, -0.25) is 0 Å². The molecule has 7 heteroatoms. The van der Waals surface area contributed by atoms with Crippen molar-refractivity contribution >= 4 is 10.0 Å². The summed E-state index contributed by atoms with van der Waals surface area (Å²) in [5.41, 5.74) is 6.36. The van der Waals surface area contributed by atoms with Crippen LogP contribution in [0, 0.1) is 0 Å². The summed E-state index contributed by atoms with van der Waals surface area (Å²) in [6.07, 6.45) is 0. The van der Waals surface area contributed by atoms with Crippen LogP contribution in [0.2, 0.25) is 0 Å². The van der Waals surface area contributed by atoms with Crippen molar-refractivity contribution in [2.75, 3.05) is 27.9 Å². The Bertz CT molecular complexity index is 545. The minimum absolute atomic E-state index is 0.127. The fourth-order valence-corrected chi connectivity index (χ4v) is 3.27. The maximum atomic E-state index is 12.6. The highest BCUT2D eigenvalue weighted by Crippen LogP contribution is 2.28. The van der Waals surface area contributed by atoms with Gasteiger partial charge in [0.15, 0.2) is 0 Å². The molecule has 0 spiro atoms. The zero-order valence-corrected chi connectivity index (χ0v) is 13.1. The molecule has 0 radical (unpaired) electrons. The van der Waals surface area contributed by atoms with E-state index in [1.165, 1.54) is 31.6 Å². The number of rotatable bonds is 7. The zero-order chi connectivity index (χ0) is 15.3. The first kappa shape index (κ1) is 16.9. The molecule has 0 aromatic heterocycles. The Morgan fingerprint density at radius 1 is 1.35 bits per heavy atom. The number of ether oxygens (including phenoxy) is 2. The van der Waals surface area contributed by atoms with Crippen LogP contribution < -0.4 is 10.5 Å². The number of likely N-dealkylation sites (N-methyl/N-ethyl adjacent to an activating group) is 1. The summed E-state index contributed by atoms with van der Waals surface area (Å²) in [4.78, 5) is 0.127. The van der Waals surface area contributed by atoms with Crippen molar-refractivity contribution in [1.82, 2.24) is 4.31 Å². The maximum Gasteiger partial charge on any atom is 0.246 e. The Morgan fingerprint density at radius 3 is 2.50 bits per heavy atom. The van der Waals surface area contributed by atoms with Gasteiger partial charge in [-0.15, -0.1) is 0 Å². The summed E-state index contributed by atoms with van der Waals surface area (Å²) in [5, 5.41) is 0. The van der Waals surface area contributed by atoms with Crippen LogP contribution in [0.4, 0.5) is 0 Å². The fourth-order valence-electron chi connectivity index (χ4n) is 1.79. The van der Waals surface area contributed by atoms with Crippen LogP contribution in [0.25, 0.3) is 0 Å².